The number of nitriles is 1. The molecule has 0 aliphatic carbocycles. The van der Waals surface area contributed by atoms with E-state index in [1.807, 2.05) is 13.1 Å². The fourth-order valence-electron chi connectivity index (χ4n) is 2.51. The number of benzene rings is 1. The highest BCUT2D eigenvalue weighted by molar-refractivity contribution is 6.45. The Bertz CT molecular complexity index is 719. The van der Waals surface area contributed by atoms with E-state index in [-0.39, 0.29) is 0 Å². The Morgan fingerprint density at radius 3 is 2.89 bits per heavy atom. The van der Waals surface area contributed by atoms with Crippen LogP contribution in [0.2, 0.25) is 10.0 Å². The molecule has 5 heteroatoms. The maximum Gasteiger partial charge on any atom is 0.100 e. The van der Waals surface area contributed by atoms with Gasteiger partial charge >= 0.3 is 0 Å². The van der Waals surface area contributed by atoms with Gasteiger partial charge in [0.1, 0.15) is 6.07 Å². The van der Waals surface area contributed by atoms with Gasteiger partial charge in [-0.05, 0) is 19.2 Å². The minimum Gasteiger partial charge on any atom is -0.302 e. The molecule has 1 aliphatic rings. The molecule has 0 N–H and O–H groups in total. The van der Waals surface area contributed by atoms with Crippen molar-refractivity contribution in [2.75, 3.05) is 13.6 Å². The first-order valence-corrected chi connectivity index (χ1v) is 6.75. The molecule has 19 heavy (non-hydrogen) atoms. The fourth-order valence-corrected chi connectivity index (χ4v) is 2.87. The van der Waals surface area contributed by atoms with Crippen LogP contribution >= 0.6 is 23.2 Å². The summed E-state index contributed by atoms with van der Waals surface area (Å²) in [5.41, 5.74) is 3.28. The molecule has 0 amide bonds. The van der Waals surface area contributed by atoms with Crippen molar-refractivity contribution in [3.05, 3.63) is 39.0 Å². The number of likely N-dealkylation sites (N-methyl/N-ethyl adjacent to an activating group) is 1. The predicted molar refractivity (Wildman–Crippen MR) is 76.5 cm³/mol. The molecule has 2 heterocycles. The molecule has 3 rings (SSSR count). The molecule has 0 radical (unpaired) electrons. The lowest BCUT2D eigenvalue weighted by molar-refractivity contribution is 0.310. The summed E-state index contributed by atoms with van der Waals surface area (Å²) in [5.74, 6) is 0. The minimum atomic E-state index is 0.428. The van der Waals surface area contributed by atoms with Gasteiger partial charge in [0.05, 0.1) is 21.1 Å². The van der Waals surface area contributed by atoms with Gasteiger partial charge < -0.3 is 4.90 Å². The topological polar surface area (TPSA) is 39.9 Å². The minimum absolute atomic E-state index is 0.428. The van der Waals surface area contributed by atoms with Gasteiger partial charge in [-0.25, -0.2) is 0 Å². The maximum atomic E-state index is 9.47. The van der Waals surface area contributed by atoms with E-state index >= 15 is 0 Å². The summed E-state index contributed by atoms with van der Waals surface area (Å²) in [6, 6.07) is 5.84. The lowest BCUT2D eigenvalue weighted by Gasteiger charge is -2.25. The zero-order chi connectivity index (χ0) is 13.6. The lowest BCUT2D eigenvalue weighted by Crippen LogP contribution is -2.28. The average molecular weight is 292 g/mol. The van der Waals surface area contributed by atoms with Crippen LogP contribution in [-0.2, 0) is 13.0 Å². The van der Waals surface area contributed by atoms with E-state index < -0.39 is 0 Å². The van der Waals surface area contributed by atoms with Crippen molar-refractivity contribution in [2.24, 2.45) is 0 Å². The number of hydrogen-bond donors (Lipinski definition) is 0. The number of pyridine rings is 1. The highest BCUT2D eigenvalue weighted by atomic mass is 35.5. The summed E-state index contributed by atoms with van der Waals surface area (Å²) in [5, 5.41) is 11.1. The van der Waals surface area contributed by atoms with E-state index in [0.717, 1.165) is 36.2 Å². The molecule has 1 aromatic heterocycles. The van der Waals surface area contributed by atoms with Crippen LogP contribution in [0.25, 0.3) is 10.9 Å². The first-order chi connectivity index (χ1) is 9.11. The summed E-state index contributed by atoms with van der Waals surface area (Å²) in [4.78, 5) is 6.81. The van der Waals surface area contributed by atoms with Crippen molar-refractivity contribution in [2.45, 2.75) is 13.0 Å². The number of aromatic nitrogens is 1. The highest BCUT2D eigenvalue weighted by Crippen LogP contribution is 2.34. The number of halogens is 2. The normalized spacial score (nSPS) is 15.3. The molecule has 0 atom stereocenters. The van der Waals surface area contributed by atoms with Crippen molar-refractivity contribution in [3.8, 4) is 6.07 Å². The average Bonchev–Trinajstić information content (AvgIpc) is 2.41. The first kappa shape index (κ1) is 12.7. The molecule has 96 valence electrons. The molecule has 0 spiro atoms. The molecular weight excluding hydrogens is 281 g/mol. The second-order valence-corrected chi connectivity index (χ2v) is 5.55. The van der Waals surface area contributed by atoms with Crippen LogP contribution in [0.4, 0.5) is 0 Å². The quantitative estimate of drug-likeness (QED) is 0.747. The third-order valence-corrected chi connectivity index (χ3v) is 4.30. The molecule has 1 aliphatic heterocycles. The first-order valence-electron chi connectivity index (χ1n) is 6.00. The standard InChI is InChI=1S/C14H11Cl2N3/c1-19-5-4-12-10(7-19)9(6-17)8-2-3-11(15)13(16)14(8)18-12/h2-3H,4-5,7H2,1H3. The Morgan fingerprint density at radius 1 is 1.37 bits per heavy atom. The van der Waals surface area contributed by atoms with Gasteiger partial charge in [-0.2, -0.15) is 5.26 Å². The maximum absolute atomic E-state index is 9.47. The van der Waals surface area contributed by atoms with Crippen LogP contribution in [-0.4, -0.2) is 23.5 Å². The summed E-state index contributed by atoms with van der Waals surface area (Å²) in [7, 11) is 2.04. The number of nitrogens with zero attached hydrogens (tertiary/aromatic N) is 3. The van der Waals surface area contributed by atoms with Crippen molar-refractivity contribution in [1.29, 1.82) is 5.26 Å². The van der Waals surface area contributed by atoms with Crippen LogP contribution in [0, 0.1) is 11.3 Å². The van der Waals surface area contributed by atoms with Gasteiger partial charge in [0.25, 0.3) is 0 Å². The van der Waals surface area contributed by atoms with Crippen LogP contribution in [0.5, 0.6) is 0 Å². The monoisotopic (exact) mass is 291 g/mol. The lowest BCUT2D eigenvalue weighted by atomic mass is 9.97. The van der Waals surface area contributed by atoms with Gasteiger partial charge in [0, 0.05) is 36.2 Å². The van der Waals surface area contributed by atoms with Crippen molar-refractivity contribution in [3.63, 3.8) is 0 Å². The van der Waals surface area contributed by atoms with Crippen molar-refractivity contribution < 1.29 is 0 Å². The molecule has 0 saturated heterocycles. The van der Waals surface area contributed by atoms with Gasteiger partial charge in [-0.3, -0.25) is 4.98 Å². The van der Waals surface area contributed by atoms with E-state index in [9.17, 15) is 5.26 Å². The summed E-state index contributed by atoms with van der Waals surface area (Å²) in [6.07, 6.45) is 0.833. The summed E-state index contributed by atoms with van der Waals surface area (Å²) in [6.45, 7) is 1.69. The Balaban J connectivity index is 2.40. The Kier molecular flexibility index (Phi) is 3.10. The van der Waals surface area contributed by atoms with Crippen molar-refractivity contribution in [1.82, 2.24) is 9.88 Å². The number of hydrogen-bond acceptors (Lipinski definition) is 3. The fraction of sp³-hybridized carbons (Fsp3) is 0.286. The molecule has 1 aromatic carbocycles. The van der Waals surface area contributed by atoms with Crippen LogP contribution in [0.3, 0.4) is 0 Å². The smallest absolute Gasteiger partial charge is 0.100 e. The summed E-state index contributed by atoms with van der Waals surface area (Å²) >= 11 is 12.2. The molecule has 0 fully saturated rings. The SMILES string of the molecule is CN1CCc2nc3c(Cl)c(Cl)ccc3c(C#N)c2C1. The molecular formula is C14H11Cl2N3. The van der Waals surface area contributed by atoms with Gasteiger partial charge in [0.15, 0.2) is 0 Å². The third-order valence-electron chi connectivity index (χ3n) is 3.51. The van der Waals surface area contributed by atoms with Gasteiger partial charge in [0.2, 0.25) is 0 Å². The molecule has 0 bridgehead atoms. The zero-order valence-electron chi connectivity index (χ0n) is 10.4. The largest absolute Gasteiger partial charge is 0.302 e. The van der Waals surface area contributed by atoms with E-state index in [2.05, 4.69) is 16.0 Å². The van der Waals surface area contributed by atoms with E-state index in [0.29, 0.717) is 21.1 Å². The Labute approximate surface area is 121 Å². The number of fused-ring (bicyclic) bond motifs is 2. The van der Waals surface area contributed by atoms with Crippen LogP contribution in [0.1, 0.15) is 16.8 Å². The number of rotatable bonds is 0. The Morgan fingerprint density at radius 2 is 2.16 bits per heavy atom. The predicted octanol–water partition coefficient (Wildman–Crippen LogP) is 3.40. The second kappa shape index (κ2) is 4.64. The highest BCUT2D eigenvalue weighted by Gasteiger charge is 2.22. The van der Waals surface area contributed by atoms with Gasteiger partial charge in [-0.15, -0.1) is 0 Å². The van der Waals surface area contributed by atoms with E-state index in [1.54, 1.807) is 6.07 Å². The van der Waals surface area contributed by atoms with Crippen LogP contribution < -0.4 is 0 Å². The second-order valence-electron chi connectivity index (χ2n) is 4.77. The molecule has 3 nitrogen and oxygen atoms in total. The third kappa shape index (κ3) is 1.97. The molecule has 0 unspecified atom stereocenters. The van der Waals surface area contributed by atoms with Gasteiger partial charge in [-0.1, -0.05) is 23.2 Å². The molecule has 2 aromatic rings. The zero-order valence-corrected chi connectivity index (χ0v) is 11.9. The Hall–Kier alpha value is -1.34. The van der Waals surface area contributed by atoms with Crippen molar-refractivity contribution >= 4 is 34.1 Å². The van der Waals surface area contributed by atoms with E-state index in [1.165, 1.54) is 0 Å². The van der Waals surface area contributed by atoms with E-state index in [4.69, 9.17) is 23.2 Å². The molecule has 0 saturated carbocycles. The summed E-state index contributed by atoms with van der Waals surface area (Å²) < 4.78 is 0. The van der Waals surface area contributed by atoms with Crippen LogP contribution in [0.15, 0.2) is 12.1 Å².